The van der Waals surface area contributed by atoms with Crippen molar-refractivity contribution >= 4 is 19.4 Å². The number of H-pyrrole nitrogens is 1. The van der Waals surface area contributed by atoms with Crippen LogP contribution >= 0.6 is 0 Å². The number of aromatic amines is 1. The molecule has 0 aliphatic rings. The summed E-state index contributed by atoms with van der Waals surface area (Å²) in [6, 6.07) is 11.4. The minimum atomic E-state index is -0.431. The van der Waals surface area contributed by atoms with E-state index in [1.165, 1.54) is 21.3 Å². The van der Waals surface area contributed by atoms with Crippen LogP contribution in [0.25, 0.3) is 0 Å². The third-order valence-electron chi connectivity index (χ3n) is 2.66. The van der Waals surface area contributed by atoms with Crippen LogP contribution in [-0.2, 0) is 4.74 Å². The van der Waals surface area contributed by atoms with E-state index in [1.54, 1.807) is 0 Å². The van der Waals surface area contributed by atoms with Crippen molar-refractivity contribution in [2.45, 2.75) is 18.5 Å². The van der Waals surface area contributed by atoms with Crippen molar-refractivity contribution in [3.05, 3.63) is 63.4 Å². The van der Waals surface area contributed by atoms with E-state index >= 15 is 0 Å². The molecule has 2 aromatic rings. The van der Waals surface area contributed by atoms with Crippen LogP contribution in [0.3, 0.4) is 0 Å². The molecule has 0 radical (unpaired) electrons. The van der Waals surface area contributed by atoms with Gasteiger partial charge in [-0.15, -0.1) is 0 Å². The van der Waals surface area contributed by atoms with Gasteiger partial charge in [0.25, 0.3) is 0 Å². The van der Waals surface area contributed by atoms with Gasteiger partial charge in [0.05, 0.1) is 0 Å². The molecule has 0 aliphatic heterocycles. The summed E-state index contributed by atoms with van der Waals surface area (Å²) >= 11 is 0.205. The van der Waals surface area contributed by atoms with Crippen molar-refractivity contribution in [1.82, 2.24) is 9.55 Å². The molecule has 0 spiro atoms. The molecule has 0 aliphatic carbocycles. The topological polar surface area (TPSA) is 64.1 Å². The molecule has 1 heterocycles. The Bertz CT molecular complexity index is 651. The quantitative estimate of drug-likeness (QED) is 0.781. The Labute approximate surface area is 122 Å². The van der Waals surface area contributed by atoms with E-state index in [9.17, 15) is 9.59 Å². The van der Waals surface area contributed by atoms with Gasteiger partial charge in [0.15, 0.2) is 0 Å². The molecular weight excluding hydrogens is 323 g/mol. The molecule has 6 heteroatoms. The van der Waals surface area contributed by atoms with Gasteiger partial charge in [-0.1, -0.05) is 0 Å². The zero-order valence-electron chi connectivity index (χ0n) is 11.1. The fraction of sp³-hybridized carbons (Fsp3) is 0.286. The van der Waals surface area contributed by atoms with Crippen LogP contribution < -0.4 is 15.7 Å². The molecule has 20 heavy (non-hydrogen) atoms. The van der Waals surface area contributed by atoms with Gasteiger partial charge in [-0.2, -0.15) is 0 Å². The van der Waals surface area contributed by atoms with Crippen molar-refractivity contribution in [1.29, 1.82) is 0 Å². The fourth-order valence-corrected chi connectivity index (χ4v) is 3.71. The van der Waals surface area contributed by atoms with Gasteiger partial charge in [-0.3, -0.25) is 0 Å². The van der Waals surface area contributed by atoms with Crippen LogP contribution in [0.4, 0.5) is 0 Å². The molecular formula is C14H16N2O3Se. The molecule has 1 N–H and O–H groups in total. The third-order valence-corrected chi connectivity index (χ3v) is 4.87. The molecule has 0 bridgehead atoms. The maximum absolute atomic E-state index is 11.8. The molecule has 106 valence electrons. The molecule has 0 saturated heterocycles. The standard InChI is InChI=1S/C14H16N2O3Se/c1-2-19-13(10-20-11-6-4-3-5-7-11)16-9-8-12(17)15-14(16)18/h3-9,13H,2,10H2,1H3,(H,15,17,18). The van der Waals surface area contributed by atoms with Gasteiger partial charge in [0.2, 0.25) is 0 Å². The normalized spacial score (nSPS) is 12.2. The first-order valence-corrected chi connectivity index (χ1v) is 8.38. The second-order valence-electron chi connectivity index (χ2n) is 4.05. The Balaban J connectivity index is 2.14. The predicted octanol–water partition coefficient (Wildman–Crippen LogP) is 0.520. The zero-order chi connectivity index (χ0) is 14.4. The van der Waals surface area contributed by atoms with Gasteiger partial charge in [0.1, 0.15) is 0 Å². The van der Waals surface area contributed by atoms with Crippen molar-refractivity contribution in [2.75, 3.05) is 6.61 Å². The van der Waals surface area contributed by atoms with E-state index in [4.69, 9.17) is 4.74 Å². The minimum absolute atomic E-state index is 0.205. The number of nitrogens with one attached hydrogen (secondary N) is 1. The molecule has 1 atom stereocenters. The summed E-state index contributed by atoms with van der Waals surface area (Å²) in [5.41, 5.74) is -0.824. The van der Waals surface area contributed by atoms with Gasteiger partial charge < -0.3 is 0 Å². The first kappa shape index (κ1) is 14.8. The van der Waals surface area contributed by atoms with E-state index in [0.717, 1.165) is 5.32 Å². The van der Waals surface area contributed by atoms with E-state index in [2.05, 4.69) is 17.1 Å². The van der Waals surface area contributed by atoms with Crippen molar-refractivity contribution in [3.63, 3.8) is 0 Å². The Kier molecular flexibility index (Phi) is 5.35. The number of hydrogen-bond acceptors (Lipinski definition) is 3. The van der Waals surface area contributed by atoms with E-state index in [-0.39, 0.29) is 21.2 Å². The Morgan fingerprint density at radius 1 is 1.25 bits per heavy atom. The number of benzene rings is 1. The zero-order valence-corrected chi connectivity index (χ0v) is 12.8. The summed E-state index contributed by atoms with van der Waals surface area (Å²) < 4.78 is 8.32. The molecule has 1 unspecified atom stereocenters. The Hall–Kier alpha value is -1.62. The van der Waals surface area contributed by atoms with Gasteiger partial charge in [-0.05, 0) is 0 Å². The summed E-state index contributed by atoms with van der Waals surface area (Å²) in [5.74, 6) is 0. The SMILES string of the molecule is CCOC(C[Se]c1ccccc1)n1ccc(=O)[nH]c1=O. The van der Waals surface area contributed by atoms with Crippen LogP contribution in [0, 0.1) is 0 Å². The molecule has 2 rings (SSSR count). The van der Waals surface area contributed by atoms with Crippen LogP contribution in [-0.4, -0.2) is 31.1 Å². The van der Waals surface area contributed by atoms with Crippen LogP contribution in [0.5, 0.6) is 0 Å². The molecule has 0 amide bonds. The summed E-state index contributed by atoms with van der Waals surface area (Å²) in [5, 5.41) is 0.733. The number of hydrogen-bond donors (Lipinski definition) is 1. The molecule has 0 saturated carbocycles. The van der Waals surface area contributed by atoms with Crippen molar-refractivity contribution < 1.29 is 4.74 Å². The van der Waals surface area contributed by atoms with E-state index in [0.29, 0.717) is 6.61 Å². The second kappa shape index (κ2) is 7.24. The Morgan fingerprint density at radius 3 is 2.65 bits per heavy atom. The fourth-order valence-electron chi connectivity index (χ4n) is 1.74. The number of nitrogens with zero attached hydrogens (tertiary/aromatic N) is 1. The molecule has 0 fully saturated rings. The average molecular weight is 339 g/mol. The van der Waals surface area contributed by atoms with E-state index in [1.807, 2.05) is 25.1 Å². The monoisotopic (exact) mass is 340 g/mol. The summed E-state index contributed by atoms with van der Waals surface area (Å²) in [4.78, 5) is 25.2. The average Bonchev–Trinajstić information content (AvgIpc) is 2.45. The first-order valence-electron chi connectivity index (χ1n) is 6.31. The van der Waals surface area contributed by atoms with Crippen LogP contribution in [0.1, 0.15) is 13.2 Å². The third kappa shape index (κ3) is 3.93. The number of aromatic nitrogens is 2. The summed E-state index contributed by atoms with van der Waals surface area (Å²) in [6.45, 7) is 2.40. The number of ether oxygens (including phenoxy) is 1. The summed E-state index contributed by atoms with van der Waals surface area (Å²) in [7, 11) is 0. The van der Waals surface area contributed by atoms with Crippen molar-refractivity contribution in [2.24, 2.45) is 0 Å². The van der Waals surface area contributed by atoms with Crippen LogP contribution in [0.2, 0.25) is 5.32 Å². The maximum atomic E-state index is 11.8. The molecule has 5 nitrogen and oxygen atoms in total. The van der Waals surface area contributed by atoms with Gasteiger partial charge in [-0.25, -0.2) is 0 Å². The van der Waals surface area contributed by atoms with Gasteiger partial charge >= 0.3 is 122 Å². The van der Waals surface area contributed by atoms with E-state index < -0.39 is 11.2 Å². The van der Waals surface area contributed by atoms with Crippen molar-refractivity contribution in [3.8, 4) is 0 Å². The first-order chi connectivity index (χ1) is 9.70. The Morgan fingerprint density at radius 2 is 2.00 bits per heavy atom. The van der Waals surface area contributed by atoms with Gasteiger partial charge in [0, 0.05) is 0 Å². The summed E-state index contributed by atoms with van der Waals surface area (Å²) in [6.07, 6.45) is 1.15. The molecule has 1 aromatic heterocycles. The second-order valence-corrected chi connectivity index (χ2v) is 6.35. The molecule has 1 aromatic carbocycles. The predicted molar refractivity (Wildman–Crippen MR) is 78.6 cm³/mol. The number of rotatable bonds is 6. The van der Waals surface area contributed by atoms with Crippen LogP contribution in [0.15, 0.2) is 52.2 Å².